The van der Waals surface area contributed by atoms with Crippen LogP contribution in [0.1, 0.15) is 18.5 Å². The van der Waals surface area contributed by atoms with Crippen molar-refractivity contribution in [2.24, 2.45) is 5.92 Å². The van der Waals surface area contributed by atoms with Gasteiger partial charge in [-0.05, 0) is 37.8 Å². The van der Waals surface area contributed by atoms with Gasteiger partial charge < -0.3 is 19.7 Å². The lowest BCUT2D eigenvalue weighted by Gasteiger charge is -2.32. The van der Waals surface area contributed by atoms with Crippen LogP contribution in [-0.4, -0.2) is 60.8 Å². The number of thiazole rings is 1. The number of carbonyl (C=O) groups excluding carboxylic acids is 2. The van der Waals surface area contributed by atoms with Gasteiger partial charge in [-0.15, -0.1) is 11.3 Å². The normalized spacial score (nSPS) is 16.2. The Morgan fingerprint density at radius 3 is 2.87 bits per heavy atom. The molecule has 1 aliphatic rings. The van der Waals surface area contributed by atoms with Gasteiger partial charge in [0.15, 0.2) is 22.4 Å². The molecule has 2 heterocycles. The summed E-state index contributed by atoms with van der Waals surface area (Å²) in [6.45, 7) is 3.87. The molecule has 0 bridgehead atoms. The summed E-state index contributed by atoms with van der Waals surface area (Å²) in [6.07, 6.45) is 1.95. The smallest absolute Gasteiger partial charge is 0.257 e. The van der Waals surface area contributed by atoms with Gasteiger partial charge in [0.05, 0.1) is 12.9 Å². The number of thioether (sulfide) groups is 1. The fourth-order valence-electron chi connectivity index (χ4n) is 3.26. The van der Waals surface area contributed by atoms with Gasteiger partial charge >= 0.3 is 0 Å². The predicted octanol–water partition coefficient (Wildman–Crippen LogP) is 2.99. The first-order valence-electron chi connectivity index (χ1n) is 9.90. The van der Waals surface area contributed by atoms with Gasteiger partial charge in [0.2, 0.25) is 5.91 Å². The summed E-state index contributed by atoms with van der Waals surface area (Å²) < 4.78 is 11.7. The molecule has 2 aromatic rings. The number of aryl methyl sites for hydroxylation is 1. The highest BCUT2D eigenvalue weighted by atomic mass is 32.2. The van der Waals surface area contributed by atoms with Gasteiger partial charge in [0.25, 0.3) is 5.91 Å². The van der Waals surface area contributed by atoms with Crippen molar-refractivity contribution in [1.29, 1.82) is 0 Å². The maximum atomic E-state index is 12.5. The maximum Gasteiger partial charge on any atom is 0.257 e. The van der Waals surface area contributed by atoms with Crippen molar-refractivity contribution in [1.82, 2.24) is 15.2 Å². The summed E-state index contributed by atoms with van der Waals surface area (Å²) in [4.78, 5) is 31.0. The summed E-state index contributed by atoms with van der Waals surface area (Å²) >= 11 is 3.06. The lowest BCUT2D eigenvalue weighted by atomic mass is 9.98. The molecule has 0 unspecified atom stereocenters. The third-order valence-electron chi connectivity index (χ3n) is 4.80. The van der Waals surface area contributed by atoms with Gasteiger partial charge in [-0.2, -0.15) is 0 Å². The first-order chi connectivity index (χ1) is 14.5. The number of likely N-dealkylation sites (tertiary alicyclic amines) is 1. The van der Waals surface area contributed by atoms with E-state index < -0.39 is 0 Å². The number of amides is 2. The molecule has 3 rings (SSSR count). The van der Waals surface area contributed by atoms with Crippen LogP contribution in [0, 0.1) is 12.8 Å². The van der Waals surface area contributed by atoms with Crippen molar-refractivity contribution in [3.05, 3.63) is 35.3 Å². The third kappa shape index (κ3) is 6.63. The zero-order valence-corrected chi connectivity index (χ0v) is 18.9. The number of aromatic nitrogens is 1. The highest BCUT2D eigenvalue weighted by Crippen LogP contribution is 2.26. The van der Waals surface area contributed by atoms with E-state index in [0.29, 0.717) is 30.3 Å². The molecule has 0 radical (unpaired) electrons. The van der Waals surface area contributed by atoms with Crippen LogP contribution in [0.25, 0.3) is 0 Å². The van der Waals surface area contributed by atoms with Crippen molar-refractivity contribution in [2.75, 3.05) is 39.1 Å². The minimum absolute atomic E-state index is 0.0698. The van der Waals surface area contributed by atoms with Crippen LogP contribution in [0.3, 0.4) is 0 Å². The van der Waals surface area contributed by atoms with E-state index in [0.717, 1.165) is 29.4 Å². The number of nitrogens with zero attached hydrogens (tertiary/aromatic N) is 2. The molecule has 1 atom stereocenters. The molecule has 7 nitrogen and oxygen atoms in total. The number of para-hydroxylation sites is 2. The standard InChI is InChI=1S/C21H27N3O4S2/c1-15-13-29-21(23-15)30-14-20(26)24-9-5-6-16(11-24)10-22-19(25)12-28-18-8-4-3-7-17(18)27-2/h3-4,7-8,13,16H,5-6,9-12,14H2,1-2H3,(H,22,25)/t16-/m1/s1. The number of hydrogen-bond donors (Lipinski definition) is 1. The zero-order chi connectivity index (χ0) is 21.3. The first kappa shape index (κ1) is 22.4. The molecule has 0 saturated carbocycles. The second kappa shape index (κ2) is 11.2. The van der Waals surface area contributed by atoms with Crippen molar-refractivity contribution < 1.29 is 19.1 Å². The number of methoxy groups -OCH3 is 1. The summed E-state index contributed by atoms with van der Waals surface area (Å²) in [5.41, 5.74) is 0.985. The topological polar surface area (TPSA) is 80.8 Å². The van der Waals surface area contributed by atoms with Gasteiger partial charge in [-0.1, -0.05) is 23.9 Å². The van der Waals surface area contributed by atoms with E-state index in [4.69, 9.17) is 9.47 Å². The number of nitrogens with one attached hydrogen (secondary N) is 1. The molecule has 162 valence electrons. The van der Waals surface area contributed by atoms with Crippen molar-refractivity contribution >= 4 is 34.9 Å². The number of benzene rings is 1. The summed E-state index contributed by atoms with van der Waals surface area (Å²) in [7, 11) is 1.56. The van der Waals surface area contributed by atoms with Crippen LogP contribution in [0.2, 0.25) is 0 Å². The highest BCUT2D eigenvalue weighted by Gasteiger charge is 2.24. The molecule has 9 heteroatoms. The molecule has 0 aliphatic carbocycles. The van der Waals surface area contributed by atoms with E-state index in [9.17, 15) is 9.59 Å². The van der Waals surface area contributed by atoms with Gasteiger partial charge in [-0.25, -0.2) is 4.98 Å². The number of piperidine rings is 1. The lowest BCUT2D eigenvalue weighted by Crippen LogP contribution is -2.44. The SMILES string of the molecule is COc1ccccc1OCC(=O)NC[C@H]1CCCN(C(=O)CSc2nc(C)cs2)C1. The monoisotopic (exact) mass is 449 g/mol. The largest absolute Gasteiger partial charge is 0.493 e. The molecule has 30 heavy (non-hydrogen) atoms. The zero-order valence-electron chi connectivity index (χ0n) is 17.3. The Morgan fingerprint density at radius 2 is 2.13 bits per heavy atom. The molecule has 1 aromatic carbocycles. The van der Waals surface area contributed by atoms with Gasteiger partial charge in [0.1, 0.15) is 0 Å². The van der Waals surface area contributed by atoms with Crippen LogP contribution >= 0.6 is 23.1 Å². The molecular weight excluding hydrogens is 422 g/mol. The number of hydrogen-bond acceptors (Lipinski definition) is 7. The Balaban J connectivity index is 1.38. The van der Waals surface area contributed by atoms with E-state index in [1.807, 2.05) is 29.3 Å². The van der Waals surface area contributed by atoms with Crippen LogP contribution in [-0.2, 0) is 9.59 Å². The fraction of sp³-hybridized carbons (Fsp3) is 0.476. The van der Waals surface area contributed by atoms with Crippen molar-refractivity contribution in [3.8, 4) is 11.5 Å². The van der Waals surface area contributed by atoms with E-state index in [1.54, 1.807) is 30.6 Å². The summed E-state index contributed by atoms with van der Waals surface area (Å²) in [5.74, 6) is 1.74. The molecule has 1 fully saturated rings. The Bertz CT molecular complexity index is 858. The molecule has 1 N–H and O–H groups in total. The Hall–Kier alpha value is -2.26. The van der Waals surface area contributed by atoms with Crippen LogP contribution < -0.4 is 14.8 Å². The highest BCUT2D eigenvalue weighted by molar-refractivity contribution is 8.01. The van der Waals surface area contributed by atoms with E-state index >= 15 is 0 Å². The second-order valence-corrected chi connectivity index (χ2v) is 9.22. The molecular formula is C21H27N3O4S2. The third-order valence-corrected chi connectivity index (χ3v) is 6.93. The Kier molecular flexibility index (Phi) is 8.39. The predicted molar refractivity (Wildman–Crippen MR) is 118 cm³/mol. The maximum absolute atomic E-state index is 12.5. The van der Waals surface area contributed by atoms with E-state index in [1.165, 1.54) is 11.8 Å². The Labute approximate surface area is 185 Å². The summed E-state index contributed by atoms with van der Waals surface area (Å²) in [5, 5.41) is 4.91. The fourth-order valence-corrected chi connectivity index (χ4v) is 5.01. The van der Waals surface area contributed by atoms with Crippen LogP contribution in [0.4, 0.5) is 0 Å². The van der Waals surface area contributed by atoms with Crippen molar-refractivity contribution in [3.63, 3.8) is 0 Å². The minimum Gasteiger partial charge on any atom is -0.493 e. The molecule has 1 aliphatic heterocycles. The van der Waals surface area contributed by atoms with E-state index in [-0.39, 0.29) is 24.3 Å². The number of ether oxygens (including phenoxy) is 2. The first-order valence-corrected chi connectivity index (χ1v) is 11.8. The van der Waals surface area contributed by atoms with Crippen molar-refractivity contribution in [2.45, 2.75) is 24.1 Å². The second-order valence-electron chi connectivity index (χ2n) is 7.14. The van der Waals surface area contributed by atoms with Gasteiger partial charge in [0, 0.05) is 30.7 Å². The van der Waals surface area contributed by atoms with E-state index in [2.05, 4.69) is 10.3 Å². The molecule has 0 spiro atoms. The number of carbonyl (C=O) groups is 2. The number of rotatable bonds is 9. The van der Waals surface area contributed by atoms with Crippen LogP contribution in [0.5, 0.6) is 11.5 Å². The molecule has 2 amide bonds. The molecule has 1 saturated heterocycles. The lowest BCUT2D eigenvalue weighted by molar-refractivity contribution is -0.130. The average molecular weight is 450 g/mol. The summed E-state index contributed by atoms with van der Waals surface area (Å²) in [6, 6.07) is 7.23. The minimum atomic E-state index is -0.181. The quantitative estimate of drug-likeness (QED) is 0.593. The average Bonchev–Trinajstić information content (AvgIpc) is 3.20. The Morgan fingerprint density at radius 1 is 1.33 bits per heavy atom. The van der Waals surface area contributed by atoms with Crippen LogP contribution in [0.15, 0.2) is 34.0 Å². The molecule has 1 aromatic heterocycles. The van der Waals surface area contributed by atoms with Gasteiger partial charge in [-0.3, -0.25) is 9.59 Å².